The molecule has 0 aromatic heterocycles. The topological polar surface area (TPSA) is 67.9 Å². The largest absolute Gasteiger partial charge is 0.494 e. The molecule has 0 aliphatic rings. The summed E-state index contributed by atoms with van der Waals surface area (Å²) in [5, 5.41) is 2.63. The van der Waals surface area contributed by atoms with Crippen molar-refractivity contribution < 1.29 is 23.5 Å². The first kappa shape index (κ1) is 22.2. The number of rotatable bonds is 6. The minimum Gasteiger partial charge on any atom is -0.494 e. The molecule has 0 saturated heterocycles. The lowest BCUT2D eigenvalue weighted by molar-refractivity contribution is 0.0635. The van der Waals surface area contributed by atoms with E-state index in [2.05, 4.69) is 5.32 Å². The standard InChI is InChI=1S/C22H27FN2O4/c1-6-25(14-15-7-12-19(28-5)18(23)13-15)20(26)16-8-10-17(11-9-16)24-21(27)29-22(2,3)4/h7-13H,6,14H2,1-5H3,(H,24,27). The summed E-state index contributed by atoms with van der Waals surface area (Å²) in [5.74, 6) is -0.491. The van der Waals surface area contributed by atoms with Crippen LogP contribution in [0.5, 0.6) is 5.75 Å². The molecule has 0 heterocycles. The summed E-state index contributed by atoms with van der Waals surface area (Å²) in [4.78, 5) is 26.2. The van der Waals surface area contributed by atoms with E-state index in [4.69, 9.17) is 9.47 Å². The van der Waals surface area contributed by atoms with Gasteiger partial charge in [-0.2, -0.15) is 0 Å². The number of amides is 2. The van der Waals surface area contributed by atoms with Crippen molar-refractivity contribution in [2.24, 2.45) is 0 Å². The summed E-state index contributed by atoms with van der Waals surface area (Å²) in [6, 6.07) is 11.2. The molecule has 2 aromatic rings. The molecule has 2 amide bonds. The number of nitrogens with zero attached hydrogens (tertiary/aromatic N) is 1. The summed E-state index contributed by atoms with van der Waals surface area (Å²) in [5.41, 5.74) is 1.07. The zero-order valence-electron chi connectivity index (χ0n) is 17.4. The summed E-state index contributed by atoms with van der Waals surface area (Å²) < 4.78 is 24.0. The fourth-order valence-electron chi connectivity index (χ4n) is 2.66. The molecule has 7 heteroatoms. The van der Waals surface area contributed by atoms with E-state index in [1.54, 1.807) is 62.1 Å². The molecule has 0 atom stereocenters. The molecule has 2 aromatic carbocycles. The molecule has 0 bridgehead atoms. The van der Waals surface area contributed by atoms with E-state index >= 15 is 0 Å². The fourth-order valence-corrected chi connectivity index (χ4v) is 2.66. The molecule has 2 rings (SSSR count). The van der Waals surface area contributed by atoms with Gasteiger partial charge in [0.05, 0.1) is 7.11 Å². The van der Waals surface area contributed by atoms with Gasteiger partial charge in [0.1, 0.15) is 5.60 Å². The maximum atomic E-state index is 13.9. The Kier molecular flexibility index (Phi) is 7.20. The number of methoxy groups -OCH3 is 1. The lowest BCUT2D eigenvalue weighted by Crippen LogP contribution is -2.30. The van der Waals surface area contributed by atoms with Crippen molar-refractivity contribution in [3.05, 3.63) is 59.4 Å². The first-order valence-corrected chi connectivity index (χ1v) is 9.34. The van der Waals surface area contributed by atoms with Crippen LogP contribution in [0.3, 0.4) is 0 Å². The van der Waals surface area contributed by atoms with Gasteiger partial charge in [0.2, 0.25) is 0 Å². The molecule has 0 aliphatic heterocycles. The molecule has 29 heavy (non-hydrogen) atoms. The highest BCUT2D eigenvalue weighted by Gasteiger charge is 2.18. The van der Waals surface area contributed by atoms with Gasteiger partial charge in [-0.3, -0.25) is 10.1 Å². The van der Waals surface area contributed by atoms with Crippen LogP contribution < -0.4 is 10.1 Å². The summed E-state index contributed by atoms with van der Waals surface area (Å²) in [6.45, 7) is 7.93. The summed E-state index contributed by atoms with van der Waals surface area (Å²) in [7, 11) is 1.40. The summed E-state index contributed by atoms with van der Waals surface area (Å²) in [6.07, 6.45) is -0.562. The van der Waals surface area contributed by atoms with Crippen molar-refractivity contribution in [3.8, 4) is 5.75 Å². The Balaban J connectivity index is 2.05. The molecule has 0 saturated carbocycles. The lowest BCUT2D eigenvalue weighted by atomic mass is 10.1. The second-order valence-corrected chi connectivity index (χ2v) is 7.49. The Hall–Kier alpha value is -3.09. The van der Waals surface area contributed by atoms with Crippen LogP contribution in [0.2, 0.25) is 0 Å². The van der Waals surface area contributed by atoms with Crippen LogP contribution in [-0.4, -0.2) is 36.2 Å². The number of nitrogens with one attached hydrogen (secondary N) is 1. The zero-order chi connectivity index (χ0) is 21.6. The third-order valence-corrected chi connectivity index (χ3v) is 4.04. The number of anilines is 1. The Morgan fingerprint density at radius 1 is 1.10 bits per heavy atom. The molecular formula is C22H27FN2O4. The maximum Gasteiger partial charge on any atom is 0.412 e. The summed E-state index contributed by atoms with van der Waals surface area (Å²) >= 11 is 0. The monoisotopic (exact) mass is 402 g/mol. The number of hydrogen-bond acceptors (Lipinski definition) is 4. The SMILES string of the molecule is CCN(Cc1ccc(OC)c(F)c1)C(=O)c1ccc(NC(=O)OC(C)(C)C)cc1. The lowest BCUT2D eigenvalue weighted by Gasteiger charge is -2.22. The van der Waals surface area contributed by atoms with Crippen LogP contribution in [0.25, 0.3) is 0 Å². The Morgan fingerprint density at radius 3 is 2.28 bits per heavy atom. The average Bonchev–Trinajstić information content (AvgIpc) is 2.64. The van der Waals surface area contributed by atoms with Crippen molar-refractivity contribution in [1.82, 2.24) is 4.90 Å². The molecule has 6 nitrogen and oxygen atoms in total. The third kappa shape index (κ3) is 6.48. The van der Waals surface area contributed by atoms with Gasteiger partial charge in [-0.25, -0.2) is 9.18 Å². The van der Waals surface area contributed by atoms with E-state index in [-0.39, 0.29) is 18.2 Å². The zero-order valence-corrected chi connectivity index (χ0v) is 17.4. The molecule has 1 N–H and O–H groups in total. The second-order valence-electron chi connectivity index (χ2n) is 7.49. The predicted octanol–water partition coefficient (Wildman–Crippen LogP) is 4.84. The molecule has 0 radical (unpaired) electrons. The first-order valence-electron chi connectivity index (χ1n) is 9.34. The van der Waals surface area contributed by atoms with Crippen molar-refractivity contribution in [3.63, 3.8) is 0 Å². The van der Waals surface area contributed by atoms with E-state index in [0.717, 1.165) is 0 Å². The highest BCUT2D eigenvalue weighted by Crippen LogP contribution is 2.20. The smallest absolute Gasteiger partial charge is 0.412 e. The minimum absolute atomic E-state index is 0.163. The van der Waals surface area contributed by atoms with Gasteiger partial charge in [0.15, 0.2) is 11.6 Å². The average molecular weight is 402 g/mol. The Morgan fingerprint density at radius 2 is 1.76 bits per heavy atom. The van der Waals surface area contributed by atoms with Crippen LogP contribution in [-0.2, 0) is 11.3 Å². The number of benzene rings is 2. The predicted molar refractivity (Wildman–Crippen MR) is 110 cm³/mol. The van der Waals surface area contributed by atoms with Crippen LogP contribution >= 0.6 is 0 Å². The third-order valence-electron chi connectivity index (χ3n) is 4.04. The number of carbonyl (C=O) groups excluding carboxylic acids is 2. The molecule has 0 unspecified atom stereocenters. The highest BCUT2D eigenvalue weighted by molar-refractivity contribution is 5.95. The van der Waals surface area contributed by atoms with Crippen LogP contribution in [0.15, 0.2) is 42.5 Å². The molecule has 0 aliphatic carbocycles. The molecular weight excluding hydrogens is 375 g/mol. The van der Waals surface area contributed by atoms with E-state index in [9.17, 15) is 14.0 Å². The Labute approximate surface area is 170 Å². The van der Waals surface area contributed by atoms with E-state index in [1.165, 1.54) is 13.2 Å². The first-order chi connectivity index (χ1) is 13.6. The van der Waals surface area contributed by atoms with Crippen LogP contribution in [0, 0.1) is 5.82 Å². The number of carbonyl (C=O) groups is 2. The Bertz CT molecular complexity index is 860. The second kappa shape index (κ2) is 9.41. The molecule has 0 spiro atoms. The number of ether oxygens (including phenoxy) is 2. The number of halogens is 1. The van der Waals surface area contributed by atoms with Gasteiger partial charge < -0.3 is 14.4 Å². The van der Waals surface area contributed by atoms with E-state index in [0.29, 0.717) is 23.4 Å². The van der Waals surface area contributed by atoms with Crippen molar-refractivity contribution in [2.75, 3.05) is 19.0 Å². The van der Waals surface area contributed by atoms with Gasteiger partial charge in [0, 0.05) is 24.3 Å². The fraction of sp³-hybridized carbons (Fsp3) is 0.364. The molecule has 0 fully saturated rings. The number of hydrogen-bond donors (Lipinski definition) is 1. The van der Waals surface area contributed by atoms with Gasteiger partial charge in [0.25, 0.3) is 5.91 Å². The van der Waals surface area contributed by atoms with Gasteiger partial charge in [-0.15, -0.1) is 0 Å². The van der Waals surface area contributed by atoms with Crippen molar-refractivity contribution in [1.29, 1.82) is 0 Å². The quantitative estimate of drug-likeness (QED) is 0.750. The van der Waals surface area contributed by atoms with Crippen LogP contribution in [0.1, 0.15) is 43.6 Å². The van der Waals surface area contributed by atoms with Gasteiger partial charge >= 0.3 is 6.09 Å². The van der Waals surface area contributed by atoms with Gasteiger partial charge in [-0.1, -0.05) is 6.07 Å². The van der Waals surface area contributed by atoms with Crippen LogP contribution in [0.4, 0.5) is 14.9 Å². The van der Waals surface area contributed by atoms with E-state index in [1.807, 2.05) is 6.92 Å². The normalized spacial score (nSPS) is 11.0. The van der Waals surface area contributed by atoms with Crippen molar-refractivity contribution >= 4 is 17.7 Å². The molecule has 156 valence electrons. The van der Waals surface area contributed by atoms with E-state index < -0.39 is 17.5 Å². The highest BCUT2D eigenvalue weighted by atomic mass is 19.1. The minimum atomic E-state index is -0.595. The van der Waals surface area contributed by atoms with Crippen molar-refractivity contribution in [2.45, 2.75) is 39.8 Å². The van der Waals surface area contributed by atoms with Gasteiger partial charge in [-0.05, 0) is 69.7 Å². The maximum absolute atomic E-state index is 13.9.